The standard InChI is InChI=1S/C18H20O3/c1-17(13-9-5-3-6-10-13)15(19)18(2,21-16(17)20)14-11-7-4-8-12-14/h3-12,15-16,19-20H,1-2H3/t15-,16-,17-,18+/m1/s1. The second-order valence-electron chi connectivity index (χ2n) is 5.99. The van der Waals surface area contributed by atoms with Crippen molar-refractivity contribution in [2.24, 2.45) is 0 Å². The Morgan fingerprint density at radius 2 is 1.29 bits per heavy atom. The van der Waals surface area contributed by atoms with Crippen LogP contribution in [0.2, 0.25) is 0 Å². The Bertz CT molecular complexity index is 613. The van der Waals surface area contributed by atoms with E-state index >= 15 is 0 Å². The van der Waals surface area contributed by atoms with Gasteiger partial charge >= 0.3 is 0 Å². The first-order valence-corrected chi connectivity index (χ1v) is 7.14. The lowest BCUT2D eigenvalue weighted by atomic mass is 9.72. The van der Waals surface area contributed by atoms with Crippen molar-refractivity contribution in [1.29, 1.82) is 0 Å². The molecule has 1 saturated heterocycles. The van der Waals surface area contributed by atoms with Gasteiger partial charge < -0.3 is 14.9 Å². The van der Waals surface area contributed by atoms with E-state index < -0.39 is 23.4 Å². The summed E-state index contributed by atoms with van der Waals surface area (Å²) in [6, 6.07) is 19.1. The number of aliphatic hydroxyl groups excluding tert-OH is 2. The highest BCUT2D eigenvalue weighted by Gasteiger charge is 2.60. The van der Waals surface area contributed by atoms with Crippen molar-refractivity contribution >= 4 is 0 Å². The molecular formula is C18H20O3. The SMILES string of the molecule is C[C@]1(c2ccccc2)[C@H](O)O[C@@](C)(c2ccccc2)[C@@H]1O. The summed E-state index contributed by atoms with van der Waals surface area (Å²) in [5.41, 5.74) is -0.0854. The average molecular weight is 284 g/mol. The summed E-state index contributed by atoms with van der Waals surface area (Å²) in [4.78, 5) is 0. The molecule has 2 aromatic rings. The molecule has 1 aliphatic heterocycles. The topological polar surface area (TPSA) is 49.7 Å². The third-order valence-electron chi connectivity index (χ3n) is 4.70. The Kier molecular flexibility index (Phi) is 3.36. The summed E-state index contributed by atoms with van der Waals surface area (Å²) < 4.78 is 5.82. The van der Waals surface area contributed by atoms with E-state index in [0.29, 0.717) is 0 Å². The minimum atomic E-state index is -1.07. The Balaban J connectivity index is 2.07. The monoisotopic (exact) mass is 284 g/mol. The van der Waals surface area contributed by atoms with Crippen molar-refractivity contribution in [3.8, 4) is 0 Å². The third-order valence-corrected chi connectivity index (χ3v) is 4.70. The average Bonchev–Trinajstić information content (AvgIpc) is 2.71. The van der Waals surface area contributed by atoms with E-state index in [9.17, 15) is 10.2 Å². The maximum absolute atomic E-state index is 11.0. The molecule has 3 nitrogen and oxygen atoms in total. The van der Waals surface area contributed by atoms with Crippen molar-refractivity contribution in [3.05, 3.63) is 71.8 Å². The summed E-state index contributed by atoms with van der Waals surface area (Å²) >= 11 is 0. The van der Waals surface area contributed by atoms with Crippen LogP contribution >= 0.6 is 0 Å². The van der Waals surface area contributed by atoms with Crippen molar-refractivity contribution in [2.75, 3.05) is 0 Å². The molecule has 0 saturated carbocycles. The van der Waals surface area contributed by atoms with Crippen molar-refractivity contribution in [2.45, 2.75) is 37.3 Å². The van der Waals surface area contributed by atoms with Crippen LogP contribution < -0.4 is 0 Å². The van der Waals surface area contributed by atoms with Crippen LogP contribution in [0.1, 0.15) is 25.0 Å². The van der Waals surface area contributed by atoms with Crippen LogP contribution in [0.5, 0.6) is 0 Å². The molecular weight excluding hydrogens is 264 g/mol. The first-order chi connectivity index (χ1) is 9.99. The number of rotatable bonds is 2. The quantitative estimate of drug-likeness (QED) is 0.891. The molecule has 0 aliphatic carbocycles. The molecule has 4 atom stereocenters. The van der Waals surface area contributed by atoms with Gasteiger partial charge in [-0.15, -0.1) is 0 Å². The molecule has 3 heteroatoms. The van der Waals surface area contributed by atoms with Crippen molar-refractivity contribution in [3.63, 3.8) is 0 Å². The zero-order valence-electron chi connectivity index (χ0n) is 12.2. The summed E-state index contributed by atoms with van der Waals surface area (Å²) in [6.07, 6.45) is -1.93. The fourth-order valence-electron chi connectivity index (χ4n) is 3.22. The molecule has 1 fully saturated rings. The van der Waals surface area contributed by atoms with Gasteiger partial charge in [-0.2, -0.15) is 0 Å². The smallest absolute Gasteiger partial charge is 0.167 e. The summed E-state index contributed by atoms with van der Waals surface area (Å²) in [6.45, 7) is 3.66. The fraction of sp³-hybridized carbons (Fsp3) is 0.333. The van der Waals surface area contributed by atoms with Crippen LogP contribution in [0.25, 0.3) is 0 Å². The van der Waals surface area contributed by atoms with Crippen LogP contribution in [-0.2, 0) is 15.8 Å². The lowest BCUT2D eigenvalue weighted by Gasteiger charge is -2.34. The highest BCUT2D eigenvalue weighted by atomic mass is 16.6. The van der Waals surface area contributed by atoms with Gasteiger partial charge in [0, 0.05) is 0 Å². The molecule has 0 radical (unpaired) electrons. The molecule has 110 valence electrons. The largest absolute Gasteiger partial charge is 0.389 e. The van der Waals surface area contributed by atoms with Gasteiger partial charge in [0.05, 0.1) is 5.41 Å². The predicted octanol–water partition coefficient (Wildman–Crippen LogP) is 2.57. The highest BCUT2D eigenvalue weighted by molar-refractivity contribution is 5.35. The van der Waals surface area contributed by atoms with E-state index in [4.69, 9.17) is 4.74 Å². The molecule has 1 aliphatic rings. The van der Waals surface area contributed by atoms with Crippen molar-refractivity contribution < 1.29 is 14.9 Å². The van der Waals surface area contributed by atoms with Crippen molar-refractivity contribution in [1.82, 2.24) is 0 Å². The van der Waals surface area contributed by atoms with Gasteiger partial charge in [0.1, 0.15) is 11.7 Å². The molecule has 0 amide bonds. The Labute approximate surface area is 124 Å². The number of benzene rings is 2. The van der Waals surface area contributed by atoms with Gasteiger partial charge in [-0.05, 0) is 25.0 Å². The maximum atomic E-state index is 11.0. The number of hydrogen-bond acceptors (Lipinski definition) is 3. The molecule has 2 N–H and O–H groups in total. The number of hydrogen-bond donors (Lipinski definition) is 2. The number of aliphatic hydroxyl groups is 2. The van der Waals surface area contributed by atoms with Gasteiger partial charge in [0.15, 0.2) is 6.29 Å². The normalized spacial score (nSPS) is 35.8. The van der Waals surface area contributed by atoms with E-state index in [-0.39, 0.29) is 0 Å². The first-order valence-electron chi connectivity index (χ1n) is 7.14. The molecule has 1 heterocycles. The first kappa shape index (κ1) is 14.3. The zero-order chi connectivity index (χ0) is 15.1. The summed E-state index contributed by atoms with van der Waals surface area (Å²) in [5, 5.41) is 21.4. The summed E-state index contributed by atoms with van der Waals surface area (Å²) in [7, 11) is 0. The van der Waals surface area contributed by atoms with Gasteiger partial charge in [-0.3, -0.25) is 0 Å². The third kappa shape index (κ3) is 2.01. The van der Waals surface area contributed by atoms with Gasteiger partial charge in [0.25, 0.3) is 0 Å². The van der Waals surface area contributed by atoms with Gasteiger partial charge in [0.2, 0.25) is 0 Å². The summed E-state index contributed by atoms with van der Waals surface area (Å²) in [5.74, 6) is 0. The molecule has 0 spiro atoms. The molecule has 0 unspecified atom stereocenters. The van der Waals surface area contributed by atoms with Gasteiger partial charge in [-0.1, -0.05) is 60.7 Å². The van der Waals surface area contributed by atoms with E-state index in [1.807, 2.05) is 74.5 Å². The van der Waals surface area contributed by atoms with Crippen LogP contribution in [-0.4, -0.2) is 22.6 Å². The van der Waals surface area contributed by atoms with E-state index in [0.717, 1.165) is 11.1 Å². The zero-order valence-corrected chi connectivity index (χ0v) is 12.2. The molecule has 21 heavy (non-hydrogen) atoms. The Morgan fingerprint density at radius 1 is 0.810 bits per heavy atom. The minimum Gasteiger partial charge on any atom is -0.389 e. The van der Waals surface area contributed by atoms with E-state index in [1.165, 1.54) is 0 Å². The molecule has 2 aromatic carbocycles. The Hall–Kier alpha value is -1.68. The van der Waals surface area contributed by atoms with Crippen LogP contribution in [0.15, 0.2) is 60.7 Å². The van der Waals surface area contributed by atoms with Crippen LogP contribution in [0.4, 0.5) is 0 Å². The minimum absolute atomic E-state index is 0.857. The van der Waals surface area contributed by atoms with Crippen LogP contribution in [0.3, 0.4) is 0 Å². The second kappa shape index (κ2) is 4.95. The molecule has 3 rings (SSSR count). The van der Waals surface area contributed by atoms with E-state index in [1.54, 1.807) is 0 Å². The molecule has 0 bridgehead atoms. The maximum Gasteiger partial charge on any atom is 0.167 e. The van der Waals surface area contributed by atoms with Crippen LogP contribution in [0, 0.1) is 0 Å². The Morgan fingerprint density at radius 3 is 1.81 bits per heavy atom. The predicted molar refractivity (Wildman–Crippen MR) is 80.7 cm³/mol. The van der Waals surface area contributed by atoms with Gasteiger partial charge in [-0.25, -0.2) is 0 Å². The molecule has 0 aromatic heterocycles. The lowest BCUT2D eigenvalue weighted by molar-refractivity contribution is -0.154. The van der Waals surface area contributed by atoms with E-state index in [2.05, 4.69) is 0 Å². The highest BCUT2D eigenvalue weighted by Crippen LogP contribution is 2.50. The fourth-order valence-corrected chi connectivity index (χ4v) is 3.22. The number of ether oxygens (including phenoxy) is 1. The lowest BCUT2D eigenvalue weighted by Crippen LogP contribution is -2.45. The second-order valence-corrected chi connectivity index (χ2v) is 5.99.